The fraction of sp³-hybridized carbons (Fsp3) is 0.593. The van der Waals surface area contributed by atoms with Gasteiger partial charge in [0, 0.05) is 25.9 Å². The van der Waals surface area contributed by atoms with Crippen LogP contribution in [0.25, 0.3) is 0 Å². The summed E-state index contributed by atoms with van der Waals surface area (Å²) in [7, 11) is 1.47. The van der Waals surface area contributed by atoms with Gasteiger partial charge in [0.1, 0.15) is 17.8 Å². The Labute approximate surface area is 234 Å². The number of hydrogen-bond donors (Lipinski definition) is 7. The summed E-state index contributed by atoms with van der Waals surface area (Å²) in [6, 6.07) is 5.24. The number of carbonyl (C=O) groups excluding carboxylic acids is 4. The first kappa shape index (κ1) is 32.3. The minimum Gasteiger partial charge on any atom is -0.494 e. The van der Waals surface area contributed by atoms with Crippen LogP contribution in [0.5, 0.6) is 5.75 Å². The van der Waals surface area contributed by atoms with E-state index in [0.717, 1.165) is 5.56 Å². The maximum atomic E-state index is 13.7. The second-order valence-corrected chi connectivity index (χ2v) is 10.3. The molecule has 0 fully saturated rings. The SMILES string of the molecule is CNC(=O)C(CCCN=C(N)N)NC(=O)[C@@H]1Cc2ccc(cc2)OCCCC(C(=O)NO)[C@@H](CC(C)C)C(=O)N1. The van der Waals surface area contributed by atoms with Crippen LogP contribution in [-0.2, 0) is 25.6 Å². The Morgan fingerprint density at radius 3 is 2.48 bits per heavy atom. The minimum absolute atomic E-state index is 0.0572. The second-order valence-electron chi connectivity index (χ2n) is 10.3. The Kier molecular flexibility index (Phi) is 13.2. The molecule has 2 heterocycles. The zero-order valence-electron chi connectivity index (χ0n) is 23.4. The van der Waals surface area contributed by atoms with Crippen LogP contribution in [0.4, 0.5) is 0 Å². The van der Waals surface area contributed by atoms with E-state index in [-0.39, 0.29) is 31.3 Å². The molecule has 222 valence electrons. The highest BCUT2D eigenvalue weighted by Gasteiger charge is 2.36. The van der Waals surface area contributed by atoms with Crippen LogP contribution in [0.2, 0.25) is 0 Å². The van der Waals surface area contributed by atoms with Crippen LogP contribution >= 0.6 is 0 Å². The Morgan fingerprint density at radius 1 is 1.18 bits per heavy atom. The van der Waals surface area contributed by atoms with Crippen LogP contribution in [0, 0.1) is 17.8 Å². The van der Waals surface area contributed by atoms with Gasteiger partial charge in [-0.05, 0) is 55.7 Å². The number of guanidine groups is 1. The highest BCUT2D eigenvalue weighted by atomic mass is 16.5. The number of carbonyl (C=O) groups is 4. The molecule has 1 aromatic carbocycles. The summed E-state index contributed by atoms with van der Waals surface area (Å²) < 4.78 is 5.79. The largest absolute Gasteiger partial charge is 0.494 e. The Hall–Kier alpha value is -3.87. The number of amides is 4. The average molecular weight is 562 g/mol. The number of hydroxylamine groups is 1. The third-order valence-electron chi connectivity index (χ3n) is 6.74. The molecule has 3 rings (SSSR count). The van der Waals surface area contributed by atoms with Gasteiger partial charge < -0.3 is 32.2 Å². The zero-order valence-corrected chi connectivity index (χ0v) is 23.4. The average Bonchev–Trinajstić information content (AvgIpc) is 2.92. The van der Waals surface area contributed by atoms with E-state index < -0.39 is 47.5 Å². The summed E-state index contributed by atoms with van der Waals surface area (Å²) in [6.07, 6.45) is 1.96. The molecule has 2 bridgehead atoms. The van der Waals surface area contributed by atoms with Crippen molar-refractivity contribution in [1.82, 2.24) is 21.4 Å². The normalized spacial score (nSPS) is 20.3. The molecule has 0 radical (unpaired) electrons. The predicted octanol–water partition coefficient (Wildman–Crippen LogP) is -0.0452. The van der Waals surface area contributed by atoms with E-state index >= 15 is 0 Å². The van der Waals surface area contributed by atoms with Crippen molar-refractivity contribution in [2.24, 2.45) is 34.2 Å². The van der Waals surface area contributed by atoms with Gasteiger partial charge in [0.15, 0.2) is 5.96 Å². The summed E-state index contributed by atoms with van der Waals surface area (Å²) in [5.74, 6) is -3.12. The lowest BCUT2D eigenvalue weighted by molar-refractivity contribution is -0.142. The molecule has 40 heavy (non-hydrogen) atoms. The van der Waals surface area contributed by atoms with E-state index in [1.54, 1.807) is 17.6 Å². The van der Waals surface area contributed by atoms with Crippen molar-refractivity contribution in [3.63, 3.8) is 0 Å². The van der Waals surface area contributed by atoms with Crippen molar-refractivity contribution >= 4 is 29.6 Å². The maximum Gasteiger partial charge on any atom is 0.247 e. The quantitative estimate of drug-likeness (QED) is 0.0675. The fourth-order valence-corrected chi connectivity index (χ4v) is 4.72. The fourth-order valence-electron chi connectivity index (χ4n) is 4.72. The highest BCUT2D eigenvalue weighted by molar-refractivity contribution is 5.94. The van der Waals surface area contributed by atoms with Crippen LogP contribution in [0.15, 0.2) is 29.3 Å². The highest BCUT2D eigenvalue weighted by Crippen LogP contribution is 2.27. The Bertz CT molecular complexity index is 1030. The zero-order chi connectivity index (χ0) is 29.7. The van der Waals surface area contributed by atoms with Crippen molar-refractivity contribution in [3.05, 3.63) is 29.8 Å². The maximum absolute atomic E-state index is 13.7. The van der Waals surface area contributed by atoms with Crippen molar-refractivity contribution in [1.29, 1.82) is 0 Å². The molecule has 0 saturated heterocycles. The molecule has 4 atom stereocenters. The standard InChI is InChI=1S/C27H43N7O6/c1-16(2)14-20-19(24(36)34-39)6-5-13-40-18-10-8-17(9-11-18)15-22(33-23(20)35)26(38)32-21(25(37)30-3)7-4-12-31-27(28)29/h8-11,16,19-22,39H,4-7,12-15H2,1-3H3,(H,30,37)(H,32,38)(H,33,35)(H,34,36)(H4,28,29,31)/t19?,20-,21?,22+/m1/s1. The molecule has 9 N–H and O–H groups in total. The van der Waals surface area contributed by atoms with Crippen molar-refractivity contribution in [2.45, 2.75) is 64.5 Å². The number of aliphatic imine (C=N–C) groups is 1. The predicted molar refractivity (Wildman–Crippen MR) is 149 cm³/mol. The van der Waals surface area contributed by atoms with E-state index in [1.165, 1.54) is 7.05 Å². The number of ether oxygens (including phenoxy) is 1. The molecule has 13 heteroatoms. The minimum atomic E-state index is -1.04. The molecule has 0 aliphatic carbocycles. The molecule has 2 aliphatic heterocycles. The van der Waals surface area contributed by atoms with E-state index in [4.69, 9.17) is 16.2 Å². The van der Waals surface area contributed by atoms with E-state index in [0.29, 0.717) is 38.0 Å². The first-order valence-electron chi connectivity index (χ1n) is 13.6. The molecular weight excluding hydrogens is 518 g/mol. The molecule has 1 aromatic rings. The van der Waals surface area contributed by atoms with Gasteiger partial charge in [-0.2, -0.15) is 0 Å². The van der Waals surface area contributed by atoms with Gasteiger partial charge in [0.25, 0.3) is 0 Å². The molecule has 13 nitrogen and oxygen atoms in total. The number of benzene rings is 1. The number of likely N-dealkylation sites (N-methyl/N-ethyl adjacent to an activating group) is 1. The van der Waals surface area contributed by atoms with E-state index in [1.807, 2.05) is 26.0 Å². The van der Waals surface area contributed by atoms with Gasteiger partial charge >= 0.3 is 0 Å². The van der Waals surface area contributed by atoms with Crippen LogP contribution in [0.3, 0.4) is 0 Å². The van der Waals surface area contributed by atoms with Crippen molar-refractivity contribution < 1.29 is 29.1 Å². The topological polar surface area (TPSA) is 210 Å². The van der Waals surface area contributed by atoms with Gasteiger partial charge in [-0.25, -0.2) is 5.48 Å². The summed E-state index contributed by atoms with van der Waals surface area (Å²) in [5.41, 5.74) is 13.2. The van der Waals surface area contributed by atoms with Gasteiger partial charge in [0.05, 0.1) is 12.5 Å². The molecule has 0 aromatic heterocycles. The number of nitrogens with two attached hydrogens (primary N) is 2. The van der Waals surface area contributed by atoms with Crippen LogP contribution in [-0.4, -0.2) is 67.1 Å². The monoisotopic (exact) mass is 561 g/mol. The molecule has 0 saturated carbocycles. The first-order chi connectivity index (χ1) is 19.0. The summed E-state index contributed by atoms with van der Waals surface area (Å²) in [5, 5.41) is 17.5. The molecule has 2 unspecified atom stereocenters. The molecule has 2 aliphatic rings. The van der Waals surface area contributed by atoms with Gasteiger partial charge in [-0.1, -0.05) is 26.0 Å². The molecule has 0 spiro atoms. The number of nitrogens with one attached hydrogen (secondary N) is 4. The van der Waals surface area contributed by atoms with Crippen LogP contribution < -0.4 is 37.6 Å². The van der Waals surface area contributed by atoms with Crippen molar-refractivity contribution in [2.75, 3.05) is 20.2 Å². The van der Waals surface area contributed by atoms with Gasteiger partial charge in [-0.3, -0.25) is 29.4 Å². The molecule has 4 amide bonds. The lowest BCUT2D eigenvalue weighted by Crippen LogP contribution is -2.55. The van der Waals surface area contributed by atoms with Crippen molar-refractivity contribution in [3.8, 4) is 5.75 Å². The smallest absolute Gasteiger partial charge is 0.247 e. The van der Waals surface area contributed by atoms with Crippen LogP contribution in [0.1, 0.15) is 51.5 Å². The number of rotatable bonds is 10. The van der Waals surface area contributed by atoms with Gasteiger partial charge in [-0.15, -0.1) is 0 Å². The Balaban J connectivity index is 2.37. The number of fused-ring (bicyclic) bond motifs is 11. The number of hydrogen-bond acceptors (Lipinski definition) is 7. The van der Waals surface area contributed by atoms with Gasteiger partial charge in [0.2, 0.25) is 23.6 Å². The van der Waals surface area contributed by atoms with E-state index in [9.17, 15) is 24.4 Å². The second kappa shape index (κ2) is 16.3. The lowest BCUT2D eigenvalue weighted by atomic mass is 9.81. The Morgan fingerprint density at radius 2 is 1.88 bits per heavy atom. The summed E-state index contributed by atoms with van der Waals surface area (Å²) in [6.45, 7) is 4.47. The molecular formula is C27H43N7O6. The van der Waals surface area contributed by atoms with E-state index in [2.05, 4.69) is 20.9 Å². The number of nitrogens with zero attached hydrogens (tertiary/aromatic N) is 1. The lowest BCUT2D eigenvalue weighted by Gasteiger charge is -2.29. The summed E-state index contributed by atoms with van der Waals surface area (Å²) >= 11 is 0. The third kappa shape index (κ3) is 10.4. The first-order valence-corrected chi connectivity index (χ1v) is 13.6. The summed E-state index contributed by atoms with van der Waals surface area (Å²) in [4.78, 5) is 56.3. The third-order valence-corrected chi connectivity index (χ3v) is 6.74.